The highest BCUT2D eigenvalue weighted by atomic mass is 16.3. The normalized spacial score (nSPS) is 38.9. The van der Waals surface area contributed by atoms with Crippen molar-refractivity contribution in [2.75, 3.05) is 0 Å². The molecule has 0 saturated heterocycles. The van der Waals surface area contributed by atoms with Gasteiger partial charge >= 0.3 is 0 Å². The van der Waals surface area contributed by atoms with Gasteiger partial charge in [-0.05, 0) is 31.6 Å². The van der Waals surface area contributed by atoms with Gasteiger partial charge in [0, 0.05) is 5.70 Å². The lowest BCUT2D eigenvalue weighted by Crippen LogP contribution is -2.49. The van der Waals surface area contributed by atoms with Crippen molar-refractivity contribution in [2.24, 2.45) is 5.92 Å². The second kappa shape index (κ2) is 3.70. The van der Waals surface area contributed by atoms with E-state index in [0.29, 0.717) is 12.0 Å². The standard InChI is InChI=1S/C11H19NO/c1-2-9-7-6-8-4-3-5-10(13)11(8)12-9/h7-8,10-13H,2-6H2,1H3/t8?,10?,11-/m1/s1. The zero-order valence-corrected chi connectivity index (χ0v) is 8.29. The lowest BCUT2D eigenvalue weighted by Gasteiger charge is -2.39. The second-order valence-electron chi connectivity index (χ2n) is 4.25. The summed E-state index contributed by atoms with van der Waals surface area (Å²) in [6, 6.07) is 0.341. The molecule has 1 aliphatic heterocycles. The van der Waals surface area contributed by atoms with Crippen molar-refractivity contribution in [1.29, 1.82) is 0 Å². The molecule has 0 bridgehead atoms. The summed E-state index contributed by atoms with van der Waals surface area (Å²) in [5, 5.41) is 13.3. The molecule has 3 atom stereocenters. The van der Waals surface area contributed by atoms with Gasteiger partial charge in [0.15, 0.2) is 0 Å². The fourth-order valence-electron chi connectivity index (χ4n) is 2.55. The predicted molar refractivity (Wildman–Crippen MR) is 53.3 cm³/mol. The SMILES string of the molecule is CCC1=CCC2CCCC(O)[C@@H]2N1. The van der Waals surface area contributed by atoms with Gasteiger partial charge < -0.3 is 10.4 Å². The van der Waals surface area contributed by atoms with Gasteiger partial charge in [0.1, 0.15) is 0 Å². The molecule has 2 aliphatic rings. The van der Waals surface area contributed by atoms with Crippen LogP contribution in [0.4, 0.5) is 0 Å². The molecule has 2 N–H and O–H groups in total. The van der Waals surface area contributed by atoms with Crippen molar-refractivity contribution in [1.82, 2.24) is 5.32 Å². The molecular formula is C11H19NO. The van der Waals surface area contributed by atoms with Crippen LogP contribution in [0.2, 0.25) is 0 Å². The van der Waals surface area contributed by atoms with Crippen molar-refractivity contribution < 1.29 is 5.11 Å². The summed E-state index contributed by atoms with van der Waals surface area (Å²) in [4.78, 5) is 0. The van der Waals surface area contributed by atoms with Gasteiger partial charge in [-0.1, -0.05) is 19.4 Å². The Morgan fingerprint density at radius 1 is 1.54 bits per heavy atom. The molecular weight excluding hydrogens is 162 g/mol. The van der Waals surface area contributed by atoms with E-state index in [1.807, 2.05) is 0 Å². The minimum atomic E-state index is -0.117. The first-order valence-electron chi connectivity index (χ1n) is 5.45. The van der Waals surface area contributed by atoms with E-state index >= 15 is 0 Å². The average molecular weight is 181 g/mol. The number of allylic oxidation sites excluding steroid dienone is 2. The first-order valence-corrected chi connectivity index (χ1v) is 5.45. The van der Waals surface area contributed by atoms with Gasteiger partial charge in [-0.15, -0.1) is 0 Å². The summed E-state index contributed by atoms with van der Waals surface area (Å²) in [7, 11) is 0. The van der Waals surface area contributed by atoms with Gasteiger partial charge in [0.25, 0.3) is 0 Å². The van der Waals surface area contributed by atoms with Crippen LogP contribution in [0, 0.1) is 5.92 Å². The van der Waals surface area contributed by atoms with Crippen LogP contribution in [-0.4, -0.2) is 17.3 Å². The van der Waals surface area contributed by atoms with E-state index in [1.54, 1.807) is 0 Å². The molecule has 2 heteroatoms. The monoisotopic (exact) mass is 181 g/mol. The number of aliphatic hydroxyl groups is 1. The third-order valence-corrected chi connectivity index (χ3v) is 3.40. The smallest absolute Gasteiger partial charge is 0.0743 e. The third-order valence-electron chi connectivity index (χ3n) is 3.40. The topological polar surface area (TPSA) is 32.3 Å². The van der Waals surface area contributed by atoms with Crippen molar-refractivity contribution in [3.05, 3.63) is 11.8 Å². The minimum Gasteiger partial charge on any atom is -0.391 e. The Morgan fingerprint density at radius 3 is 3.15 bits per heavy atom. The van der Waals surface area contributed by atoms with E-state index in [-0.39, 0.29) is 6.10 Å². The van der Waals surface area contributed by atoms with E-state index in [0.717, 1.165) is 19.3 Å². The van der Waals surface area contributed by atoms with Crippen LogP contribution >= 0.6 is 0 Å². The molecule has 0 radical (unpaired) electrons. The lowest BCUT2D eigenvalue weighted by atomic mass is 9.78. The van der Waals surface area contributed by atoms with E-state index in [4.69, 9.17) is 0 Å². The van der Waals surface area contributed by atoms with Gasteiger partial charge in [0.2, 0.25) is 0 Å². The summed E-state index contributed by atoms with van der Waals surface area (Å²) in [6.07, 6.45) is 7.87. The van der Waals surface area contributed by atoms with E-state index in [1.165, 1.54) is 18.5 Å². The summed E-state index contributed by atoms with van der Waals surface area (Å²) >= 11 is 0. The predicted octanol–water partition coefficient (Wildman–Crippen LogP) is 1.80. The molecule has 2 nitrogen and oxygen atoms in total. The third kappa shape index (κ3) is 1.73. The maximum Gasteiger partial charge on any atom is 0.0743 e. The number of aliphatic hydroxyl groups excluding tert-OH is 1. The largest absolute Gasteiger partial charge is 0.391 e. The molecule has 74 valence electrons. The number of nitrogens with one attached hydrogen (secondary N) is 1. The molecule has 2 rings (SSSR count). The zero-order valence-electron chi connectivity index (χ0n) is 8.29. The lowest BCUT2D eigenvalue weighted by molar-refractivity contribution is 0.0586. The number of rotatable bonds is 1. The van der Waals surface area contributed by atoms with E-state index < -0.39 is 0 Å². The van der Waals surface area contributed by atoms with Crippen LogP contribution < -0.4 is 5.32 Å². The van der Waals surface area contributed by atoms with Crippen molar-refractivity contribution in [3.63, 3.8) is 0 Å². The Bertz CT molecular complexity index is 212. The molecule has 2 unspecified atom stereocenters. The summed E-state index contributed by atoms with van der Waals surface area (Å²) in [5.74, 6) is 0.680. The van der Waals surface area contributed by atoms with Gasteiger partial charge in [-0.2, -0.15) is 0 Å². The highest BCUT2D eigenvalue weighted by Crippen LogP contribution is 2.31. The molecule has 0 aromatic rings. The van der Waals surface area contributed by atoms with E-state index in [9.17, 15) is 5.11 Å². The Balaban J connectivity index is 2.06. The van der Waals surface area contributed by atoms with Crippen molar-refractivity contribution >= 4 is 0 Å². The Kier molecular flexibility index (Phi) is 2.58. The molecule has 0 aromatic carbocycles. The second-order valence-corrected chi connectivity index (χ2v) is 4.25. The summed E-state index contributed by atoms with van der Waals surface area (Å²) < 4.78 is 0. The van der Waals surface area contributed by atoms with Gasteiger partial charge in [-0.25, -0.2) is 0 Å². The van der Waals surface area contributed by atoms with Crippen LogP contribution in [0.5, 0.6) is 0 Å². The first-order chi connectivity index (χ1) is 6.31. The Labute approximate surface area is 80.0 Å². The van der Waals surface area contributed by atoms with Crippen molar-refractivity contribution in [3.8, 4) is 0 Å². The van der Waals surface area contributed by atoms with Crippen LogP contribution in [-0.2, 0) is 0 Å². The average Bonchev–Trinajstić information content (AvgIpc) is 2.18. The molecule has 0 aromatic heterocycles. The van der Waals surface area contributed by atoms with Gasteiger partial charge in [-0.3, -0.25) is 0 Å². The molecule has 1 heterocycles. The molecule has 1 fully saturated rings. The van der Waals surface area contributed by atoms with Crippen molar-refractivity contribution in [2.45, 2.75) is 51.2 Å². The van der Waals surface area contributed by atoms with Gasteiger partial charge in [0.05, 0.1) is 12.1 Å². The molecule has 0 amide bonds. The highest BCUT2D eigenvalue weighted by molar-refractivity contribution is 5.09. The Morgan fingerprint density at radius 2 is 2.38 bits per heavy atom. The summed E-state index contributed by atoms with van der Waals surface area (Å²) in [6.45, 7) is 2.16. The minimum absolute atomic E-state index is 0.117. The van der Waals surface area contributed by atoms with Crippen LogP contribution in [0.1, 0.15) is 39.0 Å². The fourth-order valence-corrected chi connectivity index (χ4v) is 2.55. The Hall–Kier alpha value is -0.500. The van der Waals surface area contributed by atoms with Crippen LogP contribution in [0.25, 0.3) is 0 Å². The number of hydrogen-bond acceptors (Lipinski definition) is 2. The fraction of sp³-hybridized carbons (Fsp3) is 0.818. The zero-order chi connectivity index (χ0) is 9.26. The number of hydrogen-bond donors (Lipinski definition) is 2. The molecule has 1 aliphatic carbocycles. The maximum absolute atomic E-state index is 9.83. The quantitative estimate of drug-likeness (QED) is 0.646. The first kappa shape index (κ1) is 9.07. The maximum atomic E-state index is 9.83. The van der Waals surface area contributed by atoms with E-state index in [2.05, 4.69) is 18.3 Å². The molecule has 1 saturated carbocycles. The molecule has 13 heavy (non-hydrogen) atoms. The van der Waals surface area contributed by atoms with Crippen LogP contribution in [0.3, 0.4) is 0 Å². The number of fused-ring (bicyclic) bond motifs is 1. The molecule has 0 spiro atoms. The van der Waals surface area contributed by atoms with Crippen LogP contribution in [0.15, 0.2) is 11.8 Å². The highest BCUT2D eigenvalue weighted by Gasteiger charge is 2.33. The summed E-state index contributed by atoms with van der Waals surface area (Å²) in [5.41, 5.74) is 1.32.